The van der Waals surface area contributed by atoms with E-state index in [1.165, 1.54) is 0 Å². The lowest BCUT2D eigenvalue weighted by Crippen LogP contribution is -2.12. The van der Waals surface area contributed by atoms with Crippen LogP contribution in [-0.2, 0) is 19.0 Å². The maximum absolute atomic E-state index is 10.8. The summed E-state index contributed by atoms with van der Waals surface area (Å²) in [6, 6.07) is 11.9. The third kappa shape index (κ3) is 5.75. The molecule has 1 atom stereocenters. The fourth-order valence-corrected chi connectivity index (χ4v) is 2.32. The fraction of sp³-hybridized carbons (Fsp3) is 0.350. The highest BCUT2D eigenvalue weighted by Gasteiger charge is 2.23. The SMILES string of the molecule is C=CC(=O)OCCOCCOc1ccc2cc(OCC3CO3)ccc2c1. The van der Waals surface area contributed by atoms with Crippen molar-refractivity contribution >= 4 is 16.7 Å². The number of hydrogen-bond acceptors (Lipinski definition) is 6. The molecular weight excluding hydrogens is 336 g/mol. The Morgan fingerprint density at radius 3 is 2.35 bits per heavy atom. The summed E-state index contributed by atoms with van der Waals surface area (Å²) in [7, 11) is 0. The van der Waals surface area contributed by atoms with Gasteiger partial charge >= 0.3 is 5.97 Å². The number of carbonyl (C=O) groups excluding carboxylic acids is 1. The van der Waals surface area contributed by atoms with E-state index in [4.69, 9.17) is 23.7 Å². The van der Waals surface area contributed by atoms with Gasteiger partial charge in [0.15, 0.2) is 0 Å². The first-order chi connectivity index (χ1) is 12.7. The molecule has 0 bridgehead atoms. The molecule has 6 nitrogen and oxygen atoms in total. The summed E-state index contributed by atoms with van der Waals surface area (Å²) in [6.45, 7) is 6.08. The van der Waals surface area contributed by atoms with E-state index in [0.717, 1.165) is 35.0 Å². The number of benzene rings is 2. The Labute approximate surface area is 152 Å². The van der Waals surface area contributed by atoms with Crippen molar-refractivity contribution in [2.75, 3.05) is 39.6 Å². The van der Waals surface area contributed by atoms with Gasteiger partial charge in [-0.05, 0) is 35.0 Å². The summed E-state index contributed by atoms with van der Waals surface area (Å²) in [4.78, 5) is 10.8. The van der Waals surface area contributed by atoms with Crippen molar-refractivity contribution in [3.63, 3.8) is 0 Å². The molecule has 2 aromatic rings. The molecule has 0 spiro atoms. The van der Waals surface area contributed by atoms with E-state index in [0.29, 0.717) is 26.4 Å². The Hall–Kier alpha value is -2.57. The molecule has 1 aliphatic heterocycles. The van der Waals surface area contributed by atoms with Gasteiger partial charge in [0, 0.05) is 6.08 Å². The second-order valence-electron chi connectivity index (χ2n) is 5.77. The minimum Gasteiger partial charge on any atom is -0.491 e. The number of hydrogen-bond donors (Lipinski definition) is 0. The Balaban J connectivity index is 1.40. The molecule has 0 N–H and O–H groups in total. The summed E-state index contributed by atoms with van der Waals surface area (Å²) in [5, 5.41) is 2.17. The van der Waals surface area contributed by atoms with Crippen molar-refractivity contribution in [1.82, 2.24) is 0 Å². The second kappa shape index (κ2) is 9.22. The average molecular weight is 358 g/mol. The first-order valence-corrected chi connectivity index (χ1v) is 8.52. The Bertz CT molecular complexity index is 753. The highest BCUT2D eigenvalue weighted by atomic mass is 16.6. The van der Waals surface area contributed by atoms with Gasteiger partial charge in [0.05, 0.1) is 19.8 Å². The molecule has 1 unspecified atom stereocenters. The average Bonchev–Trinajstić information content (AvgIpc) is 3.49. The lowest BCUT2D eigenvalue weighted by Gasteiger charge is -2.09. The van der Waals surface area contributed by atoms with Gasteiger partial charge in [0.2, 0.25) is 0 Å². The van der Waals surface area contributed by atoms with Crippen LogP contribution >= 0.6 is 0 Å². The lowest BCUT2D eigenvalue weighted by molar-refractivity contribution is -0.139. The van der Waals surface area contributed by atoms with Crippen LogP contribution in [0.1, 0.15) is 0 Å². The van der Waals surface area contributed by atoms with E-state index < -0.39 is 5.97 Å². The number of rotatable bonds is 11. The van der Waals surface area contributed by atoms with Gasteiger partial charge in [0.1, 0.15) is 37.4 Å². The van der Waals surface area contributed by atoms with Crippen LogP contribution in [0.15, 0.2) is 49.1 Å². The molecule has 2 aromatic carbocycles. The summed E-state index contributed by atoms with van der Waals surface area (Å²) in [5.41, 5.74) is 0. The van der Waals surface area contributed by atoms with Crippen LogP contribution in [0, 0.1) is 0 Å². The molecule has 6 heteroatoms. The van der Waals surface area contributed by atoms with Crippen molar-refractivity contribution in [3.8, 4) is 11.5 Å². The van der Waals surface area contributed by atoms with E-state index >= 15 is 0 Å². The molecule has 1 fully saturated rings. The minimum atomic E-state index is -0.449. The molecule has 26 heavy (non-hydrogen) atoms. The molecule has 1 saturated heterocycles. The van der Waals surface area contributed by atoms with E-state index in [1.807, 2.05) is 36.4 Å². The van der Waals surface area contributed by atoms with Gasteiger partial charge in [-0.25, -0.2) is 4.79 Å². The van der Waals surface area contributed by atoms with Gasteiger partial charge in [-0.2, -0.15) is 0 Å². The maximum atomic E-state index is 10.8. The highest BCUT2D eigenvalue weighted by Crippen LogP contribution is 2.25. The van der Waals surface area contributed by atoms with Crippen molar-refractivity contribution in [3.05, 3.63) is 49.1 Å². The topological polar surface area (TPSA) is 66.5 Å². The molecule has 1 aliphatic rings. The van der Waals surface area contributed by atoms with Crippen molar-refractivity contribution in [2.24, 2.45) is 0 Å². The zero-order chi connectivity index (χ0) is 18.2. The van der Waals surface area contributed by atoms with Gasteiger partial charge in [-0.3, -0.25) is 0 Å². The quantitative estimate of drug-likeness (QED) is 0.266. The Morgan fingerprint density at radius 2 is 1.69 bits per heavy atom. The van der Waals surface area contributed by atoms with Gasteiger partial charge in [-0.15, -0.1) is 0 Å². The number of esters is 1. The van der Waals surface area contributed by atoms with E-state index in [-0.39, 0.29) is 12.7 Å². The smallest absolute Gasteiger partial charge is 0.330 e. The zero-order valence-electron chi connectivity index (χ0n) is 14.5. The maximum Gasteiger partial charge on any atom is 0.330 e. The monoisotopic (exact) mass is 358 g/mol. The molecule has 1 heterocycles. The Kier molecular flexibility index (Phi) is 6.46. The van der Waals surface area contributed by atoms with Crippen LogP contribution < -0.4 is 9.47 Å². The van der Waals surface area contributed by atoms with Crippen LogP contribution in [0.2, 0.25) is 0 Å². The molecule has 3 rings (SSSR count). The molecule has 138 valence electrons. The van der Waals surface area contributed by atoms with Gasteiger partial charge < -0.3 is 23.7 Å². The lowest BCUT2D eigenvalue weighted by atomic mass is 10.1. The number of carbonyl (C=O) groups is 1. The van der Waals surface area contributed by atoms with Gasteiger partial charge in [0.25, 0.3) is 0 Å². The summed E-state index contributed by atoms with van der Waals surface area (Å²) in [5.74, 6) is 1.17. The number of ether oxygens (including phenoxy) is 5. The van der Waals surface area contributed by atoms with Crippen LogP contribution in [-0.4, -0.2) is 51.7 Å². The second-order valence-corrected chi connectivity index (χ2v) is 5.77. The van der Waals surface area contributed by atoms with Gasteiger partial charge in [-0.1, -0.05) is 18.7 Å². The molecular formula is C20H22O6. The third-order valence-electron chi connectivity index (χ3n) is 3.76. The molecule has 0 amide bonds. The highest BCUT2D eigenvalue weighted by molar-refractivity contribution is 5.85. The molecule has 0 saturated carbocycles. The normalized spacial score (nSPS) is 15.5. The van der Waals surface area contributed by atoms with E-state index in [2.05, 4.69) is 6.58 Å². The standard InChI is InChI=1S/C20H22O6/c1-2-20(21)24-10-8-22-7-9-23-17-5-3-16-12-18(6-4-15(16)11-17)25-13-19-14-26-19/h2-6,11-12,19H,1,7-10,13-14H2. The van der Waals surface area contributed by atoms with Crippen LogP contribution in [0.5, 0.6) is 11.5 Å². The predicted octanol–water partition coefficient (Wildman–Crippen LogP) is 2.74. The predicted molar refractivity (Wildman–Crippen MR) is 96.7 cm³/mol. The third-order valence-corrected chi connectivity index (χ3v) is 3.76. The Morgan fingerprint density at radius 1 is 1.04 bits per heavy atom. The summed E-state index contributed by atoms with van der Waals surface area (Å²) in [6.07, 6.45) is 1.37. The zero-order valence-corrected chi connectivity index (χ0v) is 14.5. The first-order valence-electron chi connectivity index (χ1n) is 8.52. The first kappa shape index (κ1) is 18.2. The van der Waals surface area contributed by atoms with Crippen molar-refractivity contribution in [1.29, 1.82) is 0 Å². The van der Waals surface area contributed by atoms with Crippen molar-refractivity contribution in [2.45, 2.75) is 6.10 Å². The van der Waals surface area contributed by atoms with Crippen LogP contribution in [0.4, 0.5) is 0 Å². The molecule has 0 aromatic heterocycles. The largest absolute Gasteiger partial charge is 0.491 e. The molecule has 0 radical (unpaired) electrons. The minimum absolute atomic E-state index is 0.206. The van der Waals surface area contributed by atoms with E-state index in [9.17, 15) is 4.79 Å². The summed E-state index contributed by atoms with van der Waals surface area (Å²) >= 11 is 0. The molecule has 0 aliphatic carbocycles. The number of epoxide rings is 1. The van der Waals surface area contributed by atoms with Crippen molar-refractivity contribution < 1.29 is 28.5 Å². The van der Waals surface area contributed by atoms with Crippen LogP contribution in [0.3, 0.4) is 0 Å². The summed E-state index contributed by atoms with van der Waals surface area (Å²) < 4.78 is 26.7. The number of fused-ring (bicyclic) bond motifs is 1. The van der Waals surface area contributed by atoms with Crippen LogP contribution in [0.25, 0.3) is 10.8 Å². The fourth-order valence-electron chi connectivity index (χ4n) is 2.32. The van der Waals surface area contributed by atoms with E-state index in [1.54, 1.807) is 0 Å².